The molecule has 0 radical (unpaired) electrons. The number of ether oxygens (including phenoxy) is 1. The first-order chi connectivity index (χ1) is 10.6. The Morgan fingerprint density at radius 1 is 1.18 bits per heavy atom. The molecule has 0 aromatic heterocycles. The van der Waals surface area contributed by atoms with Crippen molar-refractivity contribution in [1.29, 1.82) is 0 Å². The van der Waals surface area contributed by atoms with Crippen LogP contribution in [0.3, 0.4) is 0 Å². The monoisotopic (exact) mass is 333 g/mol. The molecule has 0 fully saturated rings. The summed E-state index contributed by atoms with van der Waals surface area (Å²) in [6, 6.07) is 14.7. The normalized spacial score (nSPS) is 17.0. The molecule has 1 aliphatic heterocycles. The van der Waals surface area contributed by atoms with E-state index in [1.54, 1.807) is 11.8 Å². The van der Waals surface area contributed by atoms with Gasteiger partial charge in [-0.15, -0.1) is 0 Å². The summed E-state index contributed by atoms with van der Waals surface area (Å²) >= 11 is 8.02. The second-order valence-corrected chi connectivity index (χ2v) is 7.28. The fourth-order valence-electron chi connectivity index (χ4n) is 2.59. The van der Waals surface area contributed by atoms with Gasteiger partial charge >= 0.3 is 0 Å². The molecule has 0 amide bonds. The van der Waals surface area contributed by atoms with Crippen molar-refractivity contribution >= 4 is 23.4 Å². The van der Waals surface area contributed by atoms with Crippen LogP contribution in [-0.2, 0) is 11.2 Å². The van der Waals surface area contributed by atoms with Gasteiger partial charge in [-0.25, -0.2) is 0 Å². The van der Waals surface area contributed by atoms with Gasteiger partial charge in [0.15, 0.2) is 0 Å². The lowest BCUT2D eigenvalue weighted by Crippen LogP contribution is -2.20. The van der Waals surface area contributed by atoms with E-state index in [-0.39, 0.29) is 6.10 Å². The van der Waals surface area contributed by atoms with Crippen LogP contribution < -0.4 is 0 Å². The second kappa shape index (κ2) is 7.05. The third kappa shape index (κ3) is 3.66. The molecule has 2 nitrogen and oxygen atoms in total. The van der Waals surface area contributed by atoms with Gasteiger partial charge in [0.05, 0.1) is 12.7 Å². The summed E-state index contributed by atoms with van der Waals surface area (Å²) in [6.45, 7) is 1.64. The highest BCUT2D eigenvalue weighted by Crippen LogP contribution is 2.42. The average Bonchev–Trinajstić information content (AvgIpc) is 2.64. The molecule has 0 saturated carbocycles. The molecular weight excluding hydrogens is 314 g/mol. The van der Waals surface area contributed by atoms with Gasteiger partial charge in [0.1, 0.15) is 0 Å². The first kappa shape index (κ1) is 15.9. The summed E-state index contributed by atoms with van der Waals surface area (Å²) in [6.07, 6.45) is 0.953. The summed E-state index contributed by atoms with van der Waals surface area (Å²) in [4.78, 5) is 4.69. The summed E-state index contributed by atoms with van der Waals surface area (Å²) in [5.41, 5.74) is 2.54. The van der Waals surface area contributed by atoms with Gasteiger partial charge in [0, 0.05) is 27.8 Å². The molecule has 116 valence electrons. The number of likely N-dealkylation sites (N-methyl/N-ethyl adjacent to an activating group) is 1. The van der Waals surface area contributed by atoms with E-state index in [1.807, 2.05) is 6.07 Å². The van der Waals surface area contributed by atoms with Crippen molar-refractivity contribution in [3.8, 4) is 0 Å². The van der Waals surface area contributed by atoms with Crippen molar-refractivity contribution in [1.82, 2.24) is 4.90 Å². The third-order valence-corrected chi connectivity index (χ3v) is 5.22. The Balaban J connectivity index is 1.92. The van der Waals surface area contributed by atoms with Gasteiger partial charge in [0.25, 0.3) is 0 Å². The molecule has 2 aromatic carbocycles. The Bertz CT molecular complexity index is 659. The first-order valence-electron chi connectivity index (χ1n) is 7.45. The van der Waals surface area contributed by atoms with Crippen LogP contribution in [0, 0.1) is 0 Å². The Morgan fingerprint density at radius 3 is 2.82 bits per heavy atom. The largest absolute Gasteiger partial charge is 0.372 e. The highest BCUT2D eigenvalue weighted by molar-refractivity contribution is 7.99. The van der Waals surface area contributed by atoms with E-state index >= 15 is 0 Å². The fourth-order valence-corrected chi connectivity index (χ4v) is 3.88. The average molecular weight is 334 g/mol. The van der Waals surface area contributed by atoms with Crippen molar-refractivity contribution < 1.29 is 4.74 Å². The molecule has 4 heteroatoms. The van der Waals surface area contributed by atoms with Gasteiger partial charge < -0.3 is 9.64 Å². The molecule has 22 heavy (non-hydrogen) atoms. The Labute approximate surface area is 141 Å². The zero-order valence-electron chi connectivity index (χ0n) is 12.9. The minimum atomic E-state index is 0.0600. The zero-order valence-corrected chi connectivity index (χ0v) is 14.5. The van der Waals surface area contributed by atoms with Gasteiger partial charge in [0.2, 0.25) is 0 Å². The smallest absolute Gasteiger partial charge is 0.0877 e. The van der Waals surface area contributed by atoms with Crippen LogP contribution in [0.1, 0.15) is 17.2 Å². The summed E-state index contributed by atoms with van der Waals surface area (Å²) in [5, 5.41) is 0.770. The molecular formula is C18H20ClNOS. The molecule has 1 aliphatic rings. The number of halogens is 1. The number of nitrogens with zero attached hydrogens (tertiary/aromatic N) is 1. The van der Waals surface area contributed by atoms with E-state index < -0.39 is 0 Å². The van der Waals surface area contributed by atoms with Crippen molar-refractivity contribution in [3.05, 3.63) is 58.6 Å². The third-order valence-electron chi connectivity index (χ3n) is 3.77. The predicted molar refractivity (Wildman–Crippen MR) is 93.0 cm³/mol. The van der Waals surface area contributed by atoms with E-state index in [1.165, 1.54) is 20.9 Å². The lowest BCUT2D eigenvalue weighted by Gasteiger charge is -2.20. The number of rotatable bonds is 4. The maximum Gasteiger partial charge on any atom is 0.0877 e. The van der Waals surface area contributed by atoms with Crippen LogP contribution in [0.15, 0.2) is 52.3 Å². The predicted octanol–water partition coefficient (Wildman–Crippen LogP) is 4.67. The van der Waals surface area contributed by atoms with Crippen LogP contribution in [0.5, 0.6) is 0 Å². The SMILES string of the molecule is CN(C)CCOC1Cc2ccccc2Sc2ccc(Cl)cc21. The Morgan fingerprint density at radius 2 is 2.00 bits per heavy atom. The van der Waals surface area contributed by atoms with Crippen LogP contribution in [0.2, 0.25) is 5.02 Å². The van der Waals surface area contributed by atoms with E-state index in [0.29, 0.717) is 0 Å². The second-order valence-electron chi connectivity index (χ2n) is 5.76. The molecule has 0 saturated heterocycles. The van der Waals surface area contributed by atoms with E-state index in [2.05, 4.69) is 55.4 Å². The highest BCUT2D eigenvalue weighted by atomic mass is 35.5. The zero-order chi connectivity index (χ0) is 15.5. The molecule has 1 unspecified atom stereocenters. The van der Waals surface area contributed by atoms with Crippen molar-refractivity contribution in [2.75, 3.05) is 27.2 Å². The molecule has 0 spiro atoms. The van der Waals surface area contributed by atoms with Crippen LogP contribution in [0.4, 0.5) is 0 Å². The van der Waals surface area contributed by atoms with Gasteiger partial charge in [-0.05, 0) is 49.5 Å². The minimum absolute atomic E-state index is 0.0600. The van der Waals surface area contributed by atoms with Gasteiger partial charge in [-0.3, -0.25) is 0 Å². The summed E-state index contributed by atoms with van der Waals surface area (Å²) in [5.74, 6) is 0. The molecule has 0 N–H and O–H groups in total. The minimum Gasteiger partial charge on any atom is -0.372 e. The van der Waals surface area contributed by atoms with Crippen molar-refractivity contribution in [2.24, 2.45) is 0 Å². The van der Waals surface area contributed by atoms with Gasteiger partial charge in [-0.2, -0.15) is 0 Å². The molecule has 0 aliphatic carbocycles. The molecule has 1 heterocycles. The standard InChI is InChI=1S/C18H20ClNOS/c1-20(2)9-10-21-16-11-13-5-3-4-6-17(13)22-18-8-7-14(19)12-15(16)18/h3-8,12,16H,9-11H2,1-2H3. The van der Waals surface area contributed by atoms with Crippen LogP contribution in [0.25, 0.3) is 0 Å². The maximum atomic E-state index is 6.22. The van der Waals surface area contributed by atoms with E-state index in [9.17, 15) is 0 Å². The number of benzene rings is 2. The summed E-state index contributed by atoms with van der Waals surface area (Å²) in [7, 11) is 4.12. The Hall–Kier alpha value is -1.00. The molecule has 2 aromatic rings. The lowest BCUT2D eigenvalue weighted by molar-refractivity contribution is 0.0420. The Kier molecular flexibility index (Phi) is 5.09. The topological polar surface area (TPSA) is 12.5 Å². The van der Waals surface area contributed by atoms with Crippen molar-refractivity contribution in [2.45, 2.75) is 22.3 Å². The van der Waals surface area contributed by atoms with Crippen molar-refractivity contribution in [3.63, 3.8) is 0 Å². The number of hydrogen-bond donors (Lipinski definition) is 0. The number of fused-ring (bicyclic) bond motifs is 2. The van der Waals surface area contributed by atoms with Crippen LogP contribution in [-0.4, -0.2) is 32.1 Å². The number of hydrogen-bond acceptors (Lipinski definition) is 3. The summed E-state index contributed by atoms with van der Waals surface area (Å²) < 4.78 is 6.20. The molecule has 3 rings (SSSR count). The highest BCUT2D eigenvalue weighted by Gasteiger charge is 2.23. The van der Waals surface area contributed by atoms with E-state index in [0.717, 1.165) is 24.6 Å². The molecule has 1 atom stereocenters. The maximum absolute atomic E-state index is 6.22. The lowest BCUT2D eigenvalue weighted by atomic mass is 10.0. The first-order valence-corrected chi connectivity index (χ1v) is 8.64. The van der Waals surface area contributed by atoms with Gasteiger partial charge in [-0.1, -0.05) is 41.6 Å². The van der Waals surface area contributed by atoms with Crippen LogP contribution >= 0.6 is 23.4 Å². The van der Waals surface area contributed by atoms with E-state index in [4.69, 9.17) is 16.3 Å². The quantitative estimate of drug-likeness (QED) is 0.807. The molecule has 0 bridgehead atoms. The fraction of sp³-hybridized carbons (Fsp3) is 0.333.